The summed E-state index contributed by atoms with van der Waals surface area (Å²) < 4.78 is 25.0. The van der Waals surface area contributed by atoms with Gasteiger partial charge in [-0.3, -0.25) is 9.79 Å². The highest BCUT2D eigenvalue weighted by atomic mass is 32.2. The molecule has 1 aliphatic carbocycles. The number of carbonyl (C=O) groups is 1. The first-order valence-corrected chi connectivity index (χ1v) is 13.2. The minimum atomic E-state index is -3.09. The van der Waals surface area contributed by atoms with Crippen molar-refractivity contribution in [3.8, 4) is 0 Å². The van der Waals surface area contributed by atoms with E-state index in [2.05, 4.69) is 39.9 Å². The largest absolute Gasteiger partial charge is 0.347 e. The lowest BCUT2D eigenvalue weighted by Crippen LogP contribution is -2.51. The molecule has 4 unspecified atom stereocenters. The Labute approximate surface area is 185 Å². The van der Waals surface area contributed by atoms with Crippen molar-refractivity contribution < 1.29 is 13.2 Å². The molecule has 4 rings (SSSR count). The number of amides is 1. The Morgan fingerprint density at radius 1 is 1.23 bits per heavy atom. The molecule has 0 aromatic heterocycles. The maximum absolute atomic E-state index is 12.8. The second-order valence-electron chi connectivity index (χ2n) is 9.32. The van der Waals surface area contributed by atoms with Gasteiger partial charge in [-0.25, -0.2) is 12.7 Å². The number of carbonyl (C=O) groups excluding carboxylic acids is 1. The molecule has 170 valence electrons. The molecular weight excluding hydrogens is 412 g/mol. The highest BCUT2D eigenvalue weighted by molar-refractivity contribution is 7.88. The van der Waals surface area contributed by atoms with Crippen LogP contribution >= 0.6 is 0 Å². The summed E-state index contributed by atoms with van der Waals surface area (Å²) >= 11 is 0. The van der Waals surface area contributed by atoms with E-state index in [0.29, 0.717) is 37.4 Å². The topological polar surface area (TPSA) is 90.9 Å². The standard InChI is InChI=1S/C23H34N4O3S/c1-24-15-21(26-23(28)22-19-7-8-20(14-19)25-22)13-16-3-5-17(6-4-16)18-9-11-27(12-10-18)31(2,29)30/h3-6,15,18-22,25H,7-14H2,1-2H3,(H,26,28). The SMILES string of the molecule is CN=CC(Cc1ccc(C2CCN(S(C)(=O)=O)CC2)cc1)NC(=O)C1NC2CCC1C2. The third-order valence-corrected chi connectivity index (χ3v) is 8.43. The Morgan fingerprint density at radius 3 is 2.48 bits per heavy atom. The van der Waals surface area contributed by atoms with Crippen molar-refractivity contribution in [1.29, 1.82) is 0 Å². The third kappa shape index (κ3) is 5.35. The van der Waals surface area contributed by atoms with E-state index in [1.54, 1.807) is 11.4 Å². The quantitative estimate of drug-likeness (QED) is 0.624. The number of hydrogen-bond donors (Lipinski definition) is 2. The summed E-state index contributed by atoms with van der Waals surface area (Å²) in [6, 6.07) is 8.86. The van der Waals surface area contributed by atoms with Gasteiger partial charge in [-0.2, -0.15) is 0 Å². The number of nitrogens with one attached hydrogen (secondary N) is 2. The van der Waals surface area contributed by atoms with Gasteiger partial charge in [0.05, 0.1) is 18.3 Å². The van der Waals surface area contributed by atoms with E-state index in [-0.39, 0.29) is 18.0 Å². The highest BCUT2D eigenvalue weighted by Gasteiger charge is 2.42. The van der Waals surface area contributed by atoms with Crippen molar-refractivity contribution in [2.24, 2.45) is 10.9 Å². The van der Waals surface area contributed by atoms with E-state index < -0.39 is 10.0 Å². The monoisotopic (exact) mass is 446 g/mol. The fourth-order valence-electron chi connectivity index (χ4n) is 5.44. The van der Waals surface area contributed by atoms with Gasteiger partial charge in [0.25, 0.3) is 0 Å². The fourth-order valence-corrected chi connectivity index (χ4v) is 6.32. The van der Waals surface area contributed by atoms with Crippen LogP contribution in [0.4, 0.5) is 0 Å². The van der Waals surface area contributed by atoms with Crippen LogP contribution in [-0.2, 0) is 21.2 Å². The number of piperidine rings is 2. The van der Waals surface area contributed by atoms with Crippen LogP contribution in [0.5, 0.6) is 0 Å². The molecule has 3 fully saturated rings. The number of sulfonamides is 1. The van der Waals surface area contributed by atoms with Crippen LogP contribution in [0.15, 0.2) is 29.3 Å². The Hall–Kier alpha value is -1.77. The summed E-state index contributed by atoms with van der Waals surface area (Å²) in [4.78, 5) is 17.0. The van der Waals surface area contributed by atoms with Gasteiger partial charge in [-0.15, -0.1) is 0 Å². The fraction of sp³-hybridized carbons (Fsp3) is 0.652. The van der Waals surface area contributed by atoms with Crippen LogP contribution in [0.2, 0.25) is 0 Å². The second-order valence-corrected chi connectivity index (χ2v) is 11.3. The third-order valence-electron chi connectivity index (χ3n) is 7.13. The van der Waals surface area contributed by atoms with E-state index >= 15 is 0 Å². The molecule has 1 amide bonds. The number of aliphatic imine (C=N–C) groups is 1. The summed E-state index contributed by atoms with van der Waals surface area (Å²) in [6.45, 7) is 1.17. The maximum Gasteiger partial charge on any atom is 0.237 e. The molecule has 1 aromatic rings. The van der Waals surface area contributed by atoms with Gasteiger partial charge in [0.2, 0.25) is 15.9 Å². The van der Waals surface area contributed by atoms with Gasteiger partial charge in [0.1, 0.15) is 0 Å². The van der Waals surface area contributed by atoms with Crippen molar-refractivity contribution in [3.05, 3.63) is 35.4 Å². The number of fused-ring (bicyclic) bond motifs is 2. The smallest absolute Gasteiger partial charge is 0.237 e. The minimum absolute atomic E-state index is 0.0633. The van der Waals surface area contributed by atoms with E-state index in [4.69, 9.17) is 0 Å². The van der Waals surface area contributed by atoms with Crippen LogP contribution in [0.3, 0.4) is 0 Å². The van der Waals surface area contributed by atoms with E-state index in [1.165, 1.54) is 18.2 Å². The first kappa shape index (κ1) is 22.4. The zero-order chi connectivity index (χ0) is 22.0. The van der Waals surface area contributed by atoms with Crippen LogP contribution in [0, 0.1) is 5.92 Å². The van der Waals surface area contributed by atoms with Crippen molar-refractivity contribution in [1.82, 2.24) is 14.9 Å². The molecule has 7 nitrogen and oxygen atoms in total. The molecule has 0 spiro atoms. The molecule has 2 N–H and O–H groups in total. The van der Waals surface area contributed by atoms with Crippen LogP contribution in [0.25, 0.3) is 0 Å². The lowest BCUT2D eigenvalue weighted by molar-refractivity contribution is -0.124. The molecule has 1 aromatic carbocycles. The predicted molar refractivity (Wildman–Crippen MR) is 123 cm³/mol. The molecule has 1 saturated carbocycles. The van der Waals surface area contributed by atoms with E-state index in [1.807, 2.05) is 6.21 Å². The minimum Gasteiger partial charge on any atom is -0.347 e. The van der Waals surface area contributed by atoms with Crippen molar-refractivity contribution in [3.63, 3.8) is 0 Å². The van der Waals surface area contributed by atoms with Crippen molar-refractivity contribution in [2.45, 2.75) is 62.6 Å². The molecule has 4 atom stereocenters. The Bertz CT molecular complexity index is 907. The Morgan fingerprint density at radius 2 is 1.94 bits per heavy atom. The summed E-state index contributed by atoms with van der Waals surface area (Å²) in [6.07, 6.45) is 8.96. The molecule has 2 saturated heterocycles. The second kappa shape index (κ2) is 9.38. The van der Waals surface area contributed by atoms with Gasteiger partial charge in [-0.05, 0) is 61.5 Å². The Kier molecular flexibility index (Phi) is 6.79. The first-order chi connectivity index (χ1) is 14.8. The molecule has 2 aliphatic heterocycles. The number of hydrogen-bond acceptors (Lipinski definition) is 5. The molecule has 31 heavy (non-hydrogen) atoms. The molecule has 2 bridgehead atoms. The molecular formula is C23H34N4O3S. The molecule has 2 heterocycles. The maximum atomic E-state index is 12.8. The number of benzene rings is 1. The Balaban J connectivity index is 1.33. The van der Waals surface area contributed by atoms with Crippen LogP contribution < -0.4 is 10.6 Å². The number of rotatable bonds is 7. The zero-order valence-corrected chi connectivity index (χ0v) is 19.3. The van der Waals surface area contributed by atoms with Gasteiger partial charge in [0.15, 0.2) is 0 Å². The van der Waals surface area contributed by atoms with Crippen molar-refractivity contribution in [2.75, 3.05) is 26.4 Å². The normalized spacial score (nSPS) is 28.3. The van der Waals surface area contributed by atoms with Gasteiger partial charge in [-0.1, -0.05) is 24.3 Å². The molecule has 0 radical (unpaired) electrons. The summed E-state index contributed by atoms with van der Waals surface area (Å²) in [5.74, 6) is 0.951. The number of nitrogens with zero attached hydrogens (tertiary/aromatic N) is 2. The van der Waals surface area contributed by atoms with E-state index in [0.717, 1.165) is 31.2 Å². The summed E-state index contributed by atoms with van der Waals surface area (Å²) in [5.41, 5.74) is 2.41. The first-order valence-electron chi connectivity index (χ1n) is 11.4. The lowest BCUT2D eigenvalue weighted by atomic mass is 9.89. The summed E-state index contributed by atoms with van der Waals surface area (Å²) in [5, 5.41) is 6.64. The molecule has 3 aliphatic rings. The van der Waals surface area contributed by atoms with Gasteiger partial charge in [0, 0.05) is 32.4 Å². The highest BCUT2D eigenvalue weighted by Crippen LogP contribution is 2.35. The summed E-state index contributed by atoms with van der Waals surface area (Å²) in [7, 11) is -1.36. The van der Waals surface area contributed by atoms with Crippen LogP contribution in [0.1, 0.15) is 49.1 Å². The average molecular weight is 447 g/mol. The lowest BCUT2D eigenvalue weighted by Gasteiger charge is -2.30. The zero-order valence-electron chi connectivity index (χ0n) is 18.5. The van der Waals surface area contributed by atoms with Crippen molar-refractivity contribution >= 4 is 22.1 Å². The predicted octanol–water partition coefficient (Wildman–Crippen LogP) is 1.69. The van der Waals surface area contributed by atoms with Gasteiger partial charge < -0.3 is 10.6 Å². The molecule has 8 heteroatoms. The van der Waals surface area contributed by atoms with E-state index in [9.17, 15) is 13.2 Å². The van der Waals surface area contributed by atoms with Gasteiger partial charge >= 0.3 is 0 Å². The average Bonchev–Trinajstić information content (AvgIpc) is 3.38. The van der Waals surface area contributed by atoms with Crippen LogP contribution in [-0.4, -0.2) is 69.4 Å².